The van der Waals surface area contributed by atoms with Crippen LogP contribution >= 0.6 is 0 Å². The number of hydrogen-bond donors (Lipinski definition) is 0. The van der Waals surface area contributed by atoms with Gasteiger partial charge < -0.3 is 9.64 Å². The average molecular weight is 231 g/mol. The molecule has 0 aliphatic heterocycles. The van der Waals surface area contributed by atoms with Crippen LogP contribution in [0.3, 0.4) is 0 Å². The van der Waals surface area contributed by atoms with E-state index in [1.54, 1.807) is 7.11 Å². The Morgan fingerprint density at radius 2 is 2.06 bits per heavy atom. The van der Waals surface area contributed by atoms with Crippen molar-refractivity contribution < 1.29 is 9.53 Å². The molecule has 17 heavy (non-hydrogen) atoms. The van der Waals surface area contributed by atoms with E-state index < -0.39 is 0 Å². The lowest BCUT2D eigenvalue weighted by Crippen LogP contribution is -2.15. The third kappa shape index (κ3) is 2.33. The van der Waals surface area contributed by atoms with Crippen molar-refractivity contribution >= 4 is 11.4 Å². The number of nitrogens with zero attached hydrogens (tertiary/aromatic N) is 1. The SMILES string of the molecule is COc1ccc2c(c1)CCC(=O)C2=CN(C)C. The summed E-state index contributed by atoms with van der Waals surface area (Å²) < 4.78 is 5.21. The lowest BCUT2D eigenvalue weighted by Gasteiger charge is -2.20. The highest BCUT2D eigenvalue weighted by molar-refractivity contribution is 6.22. The summed E-state index contributed by atoms with van der Waals surface area (Å²) in [6.07, 6.45) is 3.28. The summed E-state index contributed by atoms with van der Waals surface area (Å²) in [5, 5.41) is 0. The lowest BCUT2D eigenvalue weighted by atomic mass is 9.86. The molecule has 0 saturated carbocycles. The van der Waals surface area contributed by atoms with Gasteiger partial charge in [0.15, 0.2) is 5.78 Å². The lowest BCUT2D eigenvalue weighted by molar-refractivity contribution is -0.113. The van der Waals surface area contributed by atoms with Crippen LogP contribution in [0.1, 0.15) is 17.5 Å². The van der Waals surface area contributed by atoms with Gasteiger partial charge in [-0.25, -0.2) is 0 Å². The van der Waals surface area contributed by atoms with Crippen LogP contribution < -0.4 is 4.74 Å². The Balaban J connectivity index is 2.49. The zero-order valence-electron chi connectivity index (χ0n) is 10.5. The van der Waals surface area contributed by atoms with E-state index in [1.165, 1.54) is 5.56 Å². The summed E-state index contributed by atoms with van der Waals surface area (Å²) in [4.78, 5) is 13.8. The fourth-order valence-corrected chi connectivity index (χ4v) is 2.10. The third-order valence-corrected chi connectivity index (χ3v) is 2.91. The molecule has 0 spiro atoms. The monoisotopic (exact) mass is 231 g/mol. The van der Waals surface area contributed by atoms with Gasteiger partial charge in [-0.1, -0.05) is 6.07 Å². The van der Waals surface area contributed by atoms with Crippen molar-refractivity contribution in [3.8, 4) is 5.75 Å². The van der Waals surface area contributed by atoms with E-state index in [2.05, 4.69) is 0 Å². The number of hydrogen-bond acceptors (Lipinski definition) is 3. The normalized spacial score (nSPS) is 16.9. The minimum absolute atomic E-state index is 0.219. The van der Waals surface area contributed by atoms with Crippen molar-refractivity contribution in [2.75, 3.05) is 21.2 Å². The van der Waals surface area contributed by atoms with Crippen LogP contribution in [0.25, 0.3) is 5.57 Å². The summed E-state index contributed by atoms with van der Waals surface area (Å²) in [7, 11) is 5.52. The van der Waals surface area contributed by atoms with Crippen molar-refractivity contribution in [2.24, 2.45) is 0 Å². The van der Waals surface area contributed by atoms with Crippen LogP contribution in [0, 0.1) is 0 Å². The molecule has 0 fully saturated rings. The second-order valence-corrected chi connectivity index (χ2v) is 4.45. The number of carbonyl (C=O) groups excluding carboxylic acids is 1. The number of fused-ring (bicyclic) bond motifs is 1. The number of ketones is 1. The van der Waals surface area contributed by atoms with Crippen LogP contribution in [-0.2, 0) is 11.2 Å². The largest absolute Gasteiger partial charge is 0.497 e. The molecular weight excluding hydrogens is 214 g/mol. The molecule has 0 radical (unpaired) electrons. The highest BCUT2D eigenvalue weighted by atomic mass is 16.5. The Kier molecular flexibility index (Phi) is 3.18. The molecule has 0 atom stereocenters. The first kappa shape index (κ1) is 11.7. The molecule has 0 heterocycles. The predicted octanol–water partition coefficient (Wildman–Crippen LogP) is 2.11. The molecule has 0 bridgehead atoms. The molecule has 0 amide bonds. The smallest absolute Gasteiger partial charge is 0.165 e. The number of methoxy groups -OCH3 is 1. The summed E-state index contributed by atoms with van der Waals surface area (Å²) in [6, 6.07) is 5.90. The quantitative estimate of drug-likeness (QED) is 0.730. The van der Waals surface area contributed by atoms with Gasteiger partial charge in [0.1, 0.15) is 5.75 Å². The number of rotatable bonds is 2. The number of carbonyl (C=O) groups is 1. The van der Waals surface area contributed by atoms with Gasteiger partial charge in [-0.05, 0) is 29.7 Å². The number of ether oxygens (including phenoxy) is 1. The summed E-state index contributed by atoms with van der Waals surface area (Å²) >= 11 is 0. The molecule has 1 aromatic carbocycles. The summed E-state index contributed by atoms with van der Waals surface area (Å²) in [6.45, 7) is 0. The van der Waals surface area contributed by atoms with Crippen LogP contribution in [0.5, 0.6) is 5.75 Å². The minimum atomic E-state index is 0.219. The minimum Gasteiger partial charge on any atom is -0.497 e. The van der Waals surface area contributed by atoms with Gasteiger partial charge in [0.05, 0.1) is 7.11 Å². The van der Waals surface area contributed by atoms with Crippen molar-refractivity contribution in [1.82, 2.24) is 4.90 Å². The first-order valence-electron chi connectivity index (χ1n) is 5.70. The molecule has 3 nitrogen and oxygen atoms in total. The third-order valence-electron chi connectivity index (χ3n) is 2.91. The molecule has 2 rings (SSSR count). The first-order chi connectivity index (χ1) is 8.11. The van der Waals surface area contributed by atoms with E-state index in [9.17, 15) is 4.79 Å². The van der Waals surface area contributed by atoms with Gasteiger partial charge in [-0.3, -0.25) is 4.79 Å². The van der Waals surface area contributed by atoms with Crippen LogP contribution in [0.4, 0.5) is 0 Å². The number of aryl methyl sites for hydroxylation is 1. The molecule has 90 valence electrons. The summed E-state index contributed by atoms with van der Waals surface area (Å²) in [5.74, 6) is 1.07. The highest BCUT2D eigenvalue weighted by Gasteiger charge is 2.21. The van der Waals surface area contributed by atoms with Crippen molar-refractivity contribution in [1.29, 1.82) is 0 Å². The van der Waals surface area contributed by atoms with Crippen molar-refractivity contribution in [2.45, 2.75) is 12.8 Å². The zero-order valence-corrected chi connectivity index (χ0v) is 10.5. The molecule has 1 aromatic rings. The maximum atomic E-state index is 11.9. The van der Waals surface area contributed by atoms with Crippen LogP contribution in [-0.4, -0.2) is 31.9 Å². The fourth-order valence-electron chi connectivity index (χ4n) is 2.10. The first-order valence-corrected chi connectivity index (χ1v) is 5.70. The number of benzene rings is 1. The molecule has 1 aliphatic rings. The van der Waals surface area contributed by atoms with E-state index in [-0.39, 0.29) is 5.78 Å². The number of Topliss-reactive ketones (excluding diaryl/α,β-unsaturated/α-hetero) is 1. The van der Waals surface area contributed by atoms with Gasteiger partial charge in [0.2, 0.25) is 0 Å². The zero-order chi connectivity index (χ0) is 12.4. The molecule has 0 unspecified atom stereocenters. The Morgan fingerprint density at radius 1 is 1.29 bits per heavy atom. The molecule has 0 N–H and O–H groups in total. The molecule has 0 saturated heterocycles. The Bertz CT molecular complexity index is 475. The molecule has 0 aromatic heterocycles. The Labute approximate surface area is 102 Å². The van der Waals surface area contributed by atoms with Gasteiger partial charge in [-0.15, -0.1) is 0 Å². The number of allylic oxidation sites excluding steroid dienone is 1. The van der Waals surface area contributed by atoms with E-state index in [1.807, 2.05) is 43.4 Å². The van der Waals surface area contributed by atoms with E-state index in [0.29, 0.717) is 6.42 Å². The average Bonchev–Trinajstić information content (AvgIpc) is 2.32. The highest BCUT2D eigenvalue weighted by Crippen LogP contribution is 2.31. The maximum Gasteiger partial charge on any atom is 0.165 e. The van der Waals surface area contributed by atoms with Gasteiger partial charge >= 0.3 is 0 Å². The topological polar surface area (TPSA) is 29.5 Å². The Morgan fingerprint density at radius 3 is 2.71 bits per heavy atom. The van der Waals surface area contributed by atoms with E-state index in [0.717, 1.165) is 23.3 Å². The fraction of sp³-hybridized carbons (Fsp3) is 0.357. The van der Waals surface area contributed by atoms with E-state index in [4.69, 9.17) is 4.74 Å². The van der Waals surface area contributed by atoms with Gasteiger partial charge in [-0.2, -0.15) is 0 Å². The summed E-state index contributed by atoms with van der Waals surface area (Å²) in [5.41, 5.74) is 3.03. The predicted molar refractivity (Wildman–Crippen MR) is 68.0 cm³/mol. The molecule has 3 heteroatoms. The second-order valence-electron chi connectivity index (χ2n) is 4.45. The van der Waals surface area contributed by atoms with Crippen LogP contribution in [0.15, 0.2) is 24.4 Å². The Hall–Kier alpha value is -1.77. The van der Waals surface area contributed by atoms with Crippen molar-refractivity contribution in [3.63, 3.8) is 0 Å². The van der Waals surface area contributed by atoms with E-state index >= 15 is 0 Å². The molecule has 1 aliphatic carbocycles. The van der Waals surface area contributed by atoms with Crippen molar-refractivity contribution in [3.05, 3.63) is 35.5 Å². The van der Waals surface area contributed by atoms with Crippen LogP contribution in [0.2, 0.25) is 0 Å². The standard InChI is InChI=1S/C14H17NO2/c1-15(2)9-13-12-6-5-11(17-3)8-10(12)4-7-14(13)16/h5-6,8-9H,4,7H2,1-3H3. The second kappa shape index (κ2) is 4.62. The molecular formula is C14H17NO2. The maximum absolute atomic E-state index is 11.9. The van der Waals surface area contributed by atoms with Gasteiger partial charge in [0.25, 0.3) is 0 Å². The van der Waals surface area contributed by atoms with Gasteiger partial charge in [0, 0.05) is 32.3 Å².